The van der Waals surface area contributed by atoms with Crippen LogP contribution in [0, 0.1) is 6.92 Å². The Morgan fingerprint density at radius 1 is 0.337 bits per heavy atom. The first-order valence-electron chi connectivity index (χ1n) is 34.8. The fraction of sp³-hybridized carbons (Fsp3) is 0.0526. The van der Waals surface area contributed by atoms with Crippen LogP contribution in [0.25, 0.3) is 183 Å². The minimum atomic E-state index is 0.601. The summed E-state index contributed by atoms with van der Waals surface area (Å²) in [6, 6.07) is 112. The van der Waals surface area contributed by atoms with E-state index >= 15 is 0 Å². The van der Waals surface area contributed by atoms with Gasteiger partial charge in [0.1, 0.15) is 11.0 Å². The zero-order chi connectivity index (χ0) is 67.5. The van der Waals surface area contributed by atoms with Gasteiger partial charge in [0.2, 0.25) is 11.8 Å². The number of fused-ring (bicyclic) bond motifs is 8. The number of para-hydroxylation sites is 2. The summed E-state index contributed by atoms with van der Waals surface area (Å²) in [5.74, 6) is 1.21. The predicted octanol–water partition coefficient (Wildman–Crippen LogP) is 25.8. The highest BCUT2D eigenvalue weighted by molar-refractivity contribution is 6.12. The molecule has 0 radical (unpaired) electrons. The minimum absolute atomic E-state index is 0.601. The monoisotopic (exact) mass is 1300 g/mol. The van der Waals surface area contributed by atoms with Gasteiger partial charge in [-0.1, -0.05) is 250 Å². The van der Waals surface area contributed by atoms with Gasteiger partial charge in [0.25, 0.3) is 0 Å². The van der Waals surface area contributed by atoms with Gasteiger partial charge in [-0.05, 0) is 206 Å². The molecule has 6 nitrogen and oxygen atoms in total. The van der Waals surface area contributed by atoms with Crippen molar-refractivity contribution < 1.29 is 8.83 Å². The van der Waals surface area contributed by atoms with E-state index in [1.54, 1.807) is 0 Å². The summed E-state index contributed by atoms with van der Waals surface area (Å²) in [4.78, 5) is 10.1. The molecule has 0 saturated carbocycles. The quantitative estimate of drug-likeness (QED) is 0.0960. The molecule has 4 heterocycles. The van der Waals surface area contributed by atoms with Crippen molar-refractivity contribution in [1.82, 2.24) is 19.1 Å². The van der Waals surface area contributed by atoms with Crippen molar-refractivity contribution in [2.75, 3.05) is 0 Å². The van der Waals surface area contributed by atoms with Gasteiger partial charge in [0.15, 0.2) is 11.2 Å². The minimum Gasteiger partial charge on any atom is -0.436 e. The molecule has 0 spiro atoms. The molecule has 101 heavy (non-hydrogen) atoms. The second-order valence-electron chi connectivity index (χ2n) is 26.1. The van der Waals surface area contributed by atoms with Gasteiger partial charge in [-0.2, -0.15) is 0 Å². The first-order valence-corrected chi connectivity index (χ1v) is 34.8. The van der Waals surface area contributed by atoms with E-state index in [9.17, 15) is 0 Å². The summed E-state index contributed by atoms with van der Waals surface area (Å²) in [7, 11) is 0. The Bertz CT molecular complexity index is 6310. The maximum atomic E-state index is 6.87. The van der Waals surface area contributed by atoms with Crippen molar-refractivity contribution >= 4 is 65.8 Å². The van der Waals surface area contributed by atoms with Crippen LogP contribution in [-0.2, 0) is 13.0 Å². The number of aromatic nitrogens is 4. The molecule has 6 heteroatoms. The molecule has 0 aliphatic rings. The van der Waals surface area contributed by atoms with Crippen LogP contribution < -0.4 is 0 Å². The van der Waals surface area contributed by atoms with Crippen LogP contribution >= 0.6 is 0 Å². The summed E-state index contributed by atoms with van der Waals surface area (Å²) in [6.45, 7) is 7.19. The zero-order valence-electron chi connectivity index (χ0n) is 56.3. The third-order valence-electron chi connectivity index (χ3n) is 20.2. The average Bonchev–Trinajstić information content (AvgIpc) is 1.61. The number of rotatable bonds is 15. The van der Waals surface area contributed by atoms with Crippen molar-refractivity contribution in [1.29, 1.82) is 0 Å². The highest BCUT2D eigenvalue weighted by Gasteiger charge is 2.22. The van der Waals surface area contributed by atoms with Gasteiger partial charge in [-0.15, -0.1) is 0 Å². The molecule has 0 atom stereocenters. The number of hydrogen-bond acceptors (Lipinski definition) is 4. The normalized spacial score (nSPS) is 11.9. The van der Waals surface area contributed by atoms with E-state index in [0.29, 0.717) is 11.8 Å². The van der Waals surface area contributed by atoms with Crippen molar-refractivity contribution in [2.45, 2.75) is 33.7 Å². The molecule has 0 amide bonds. The molecule has 18 rings (SSSR count). The van der Waals surface area contributed by atoms with Crippen LogP contribution in [0.2, 0.25) is 0 Å². The van der Waals surface area contributed by atoms with E-state index in [0.717, 1.165) is 124 Å². The molecule has 480 valence electrons. The molecule has 0 bridgehead atoms. The number of benzene rings is 14. The van der Waals surface area contributed by atoms with Gasteiger partial charge < -0.3 is 18.0 Å². The SMILES string of the molecule is CC=CC=CCn1c2ccccc2c2cc(-c3ccccc3-c3ccccc3-c3ccc(-c4nc5ccc(-c6cccc(-n7c8ccccc8c8cc(-c9ccccc9-c9ccccc9-c9ccc(-c%10nc%11cc(-c%12ccccc%12C)ccc%11o%10)cc9)ccc87)c6)c(CC)c5o4)cc3)ccc21. The van der Waals surface area contributed by atoms with Crippen LogP contribution in [0.5, 0.6) is 0 Å². The van der Waals surface area contributed by atoms with Crippen LogP contribution in [0.15, 0.2) is 343 Å². The molecule has 0 unspecified atom stereocenters. The molecule has 14 aromatic carbocycles. The fourth-order valence-corrected chi connectivity index (χ4v) is 15.4. The van der Waals surface area contributed by atoms with Crippen molar-refractivity contribution in [3.05, 3.63) is 345 Å². The van der Waals surface area contributed by atoms with Gasteiger partial charge >= 0.3 is 0 Å². The lowest BCUT2D eigenvalue weighted by atomic mass is 9.89. The summed E-state index contributed by atoms with van der Waals surface area (Å²) in [5, 5.41) is 4.90. The highest BCUT2D eigenvalue weighted by atomic mass is 16.4. The second-order valence-corrected chi connectivity index (χ2v) is 26.1. The molecule has 18 aromatic rings. The molecule has 0 aliphatic carbocycles. The van der Waals surface area contributed by atoms with E-state index in [4.69, 9.17) is 18.8 Å². The van der Waals surface area contributed by atoms with E-state index in [-0.39, 0.29) is 0 Å². The first kappa shape index (κ1) is 60.5. The molecule has 0 aliphatic heterocycles. The van der Waals surface area contributed by atoms with Crippen LogP contribution in [0.4, 0.5) is 0 Å². The van der Waals surface area contributed by atoms with Crippen molar-refractivity contribution in [3.8, 4) is 118 Å². The lowest BCUT2D eigenvalue weighted by molar-refractivity contribution is 0.616. The van der Waals surface area contributed by atoms with Gasteiger partial charge in [-0.25, -0.2) is 9.97 Å². The predicted molar refractivity (Wildman–Crippen MR) is 421 cm³/mol. The van der Waals surface area contributed by atoms with Crippen molar-refractivity contribution in [2.24, 2.45) is 0 Å². The average molecular weight is 1300 g/mol. The summed E-state index contributed by atoms with van der Waals surface area (Å²) < 4.78 is 18.0. The van der Waals surface area contributed by atoms with E-state index < -0.39 is 0 Å². The van der Waals surface area contributed by atoms with E-state index in [1.807, 2.05) is 13.0 Å². The molecule has 0 fully saturated rings. The number of allylic oxidation sites excluding steroid dienone is 4. The Hall–Kier alpha value is -12.9. The Morgan fingerprint density at radius 3 is 1.41 bits per heavy atom. The smallest absolute Gasteiger partial charge is 0.227 e. The van der Waals surface area contributed by atoms with Gasteiger partial charge in [-0.3, -0.25) is 0 Å². The summed E-state index contributed by atoms with van der Waals surface area (Å²) >= 11 is 0. The van der Waals surface area contributed by atoms with Crippen molar-refractivity contribution in [3.63, 3.8) is 0 Å². The van der Waals surface area contributed by atoms with Crippen LogP contribution in [0.3, 0.4) is 0 Å². The molecular weight excluding hydrogens is 1230 g/mol. The second kappa shape index (κ2) is 25.5. The molecule has 0 N–H and O–H groups in total. The first-order chi connectivity index (χ1) is 49.9. The van der Waals surface area contributed by atoms with Crippen LogP contribution in [0.1, 0.15) is 25.0 Å². The highest BCUT2D eigenvalue weighted by Crippen LogP contribution is 2.45. The third kappa shape index (κ3) is 10.8. The Morgan fingerprint density at radius 2 is 0.792 bits per heavy atom. The molecular formula is C95H68N4O2. The third-order valence-corrected chi connectivity index (χ3v) is 20.2. The Labute approximate surface area is 586 Å². The maximum absolute atomic E-state index is 6.87. The Balaban J connectivity index is 0.628. The lowest BCUT2D eigenvalue weighted by Gasteiger charge is -2.15. The summed E-state index contributed by atoms with van der Waals surface area (Å²) in [5.41, 5.74) is 31.8. The zero-order valence-corrected chi connectivity index (χ0v) is 56.3. The van der Waals surface area contributed by atoms with E-state index in [2.05, 4.69) is 351 Å². The van der Waals surface area contributed by atoms with Gasteiger partial charge in [0.05, 0.1) is 11.0 Å². The largest absolute Gasteiger partial charge is 0.436 e. The van der Waals surface area contributed by atoms with Crippen LogP contribution in [-0.4, -0.2) is 19.1 Å². The number of aryl methyl sites for hydroxylation is 2. The maximum Gasteiger partial charge on any atom is 0.227 e. The topological polar surface area (TPSA) is 61.9 Å². The number of hydrogen-bond donors (Lipinski definition) is 0. The Kier molecular flexibility index (Phi) is 15.3. The van der Waals surface area contributed by atoms with E-state index in [1.165, 1.54) is 71.5 Å². The molecule has 0 saturated heterocycles. The standard InChI is InChI=1S/C95H68N4O2/c1-4-6-7-22-56-98-88-38-20-18-36-82(88)84-58-67(48-53-89(84)98)75-30-12-16-34-80(75)78-32-14-11-29-74(78)63-42-46-65(47-43-63)95-96-86-52-51-77(71(5-2)93(86)101-95)66-25-23-26-70(57-66)99-90-39-21-19-37-83(90)85-59-68(49-54-91(85)99)76-31-13-17-35-81(76)79-33-15-10-28-73(79)62-40-44-64(45-41-62)94-97-87-60-69(50-55-92(87)100-94)72-27-9-8-24-61(72)3/h4,6-55,57-60H,5,56H2,1-3H3. The molecule has 4 aromatic heterocycles. The lowest BCUT2D eigenvalue weighted by Crippen LogP contribution is -1.95. The summed E-state index contributed by atoms with van der Waals surface area (Å²) in [6.07, 6.45) is 9.26. The number of oxazole rings is 2. The number of nitrogens with zero attached hydrogens (tertiary/aromatic N) is 4. The fourth-order valence-electron chi connectivity index (χ4n) is 15.4. The van der Waals surface area contributed by atoms with Gasteiger partial charge in [0, 0.05) is 61.5 Å².